The minimum atomic E-state index is -0.275. The van der Waals surface area contributed by atoms with E-state index in [4.69, 9.17) is 4.98 Å². The molecule has 1 amide bonds. The molecular weight excluding hydrogens is 320 g/mol. The number of hydrogen-bond acceptors (Lipinski definition) is 4. The first kappa shape index (κ1) is 17.1. The molecule has 3 heterocycles. The zero-order valence-electron chi connectivity index (χ0n) is 14.9. The van der Waals surface area contributed by atoms with Gasteiger partial charge in [0.05, 0.1) is 11.7 Å². The summed E-state index contributed by atoms with van der Waals surface area (Å²) in [6, 6.07) is 1.68. The van der Waals surface area contributed by atoms with E-state index in [1.807, 2.05) is 24.1 Å². The quantitative estimate of drug-likeness (QED) is 0.845. The van der Waals surface area contributed by atoms with Gasteiger partial charge in [-0.25, -0.2) is 4.98 Å². The van der Waals surface area contributed by atoms with E-state index in [0.717, 1.165) is 36.5 Å². The lowest BCUT2D eigenvalue weighted by Crippen LogP contribution is -2.42. The van der Waals surface area contributed by atoms with Crippen molar-refractivity contribution < 1.29 is 4.79 Å². The Kier molecular flexibility index (Phi) is 4.76. The van der Waals surface area contributed by atoms with Crippen molar-refractivity contribution in [3.05, 3.63) is 34.5 Å². The van der Waals surface area contributed by atoms with Crippen LogP contribution in [-0.4, -0.2) is 32.1 Å². The average Bonchev–Trinajstić information content (AvgIpc) is 3.24. The first-order valence-corrected chi connectivity index (χ1v) is 9.51. The van der Waals surface area contributed by atoms with Crippen LogP contribution in [-0.2, 0) is 10.2 Å². The van der Waals surface area contributed by atoms with Gasteiger partial charge in [-0.05, 0) is 32.3 Å². The molecule has 24 heavy (non-hydrogen) atoms. The zero-order chi connectivity index (χ0) is 17.3. The number of rotatable bonds is 3. The van der Waals surface area contributed by atoms with E-state index in [0.29, 0.717) is 0 Å². The van der Waals surface area contributed by atoms with Crippen LogP contribution in [0.1, 0.15) is 69.7 Å². The van der Waals surface area contributed by atoms with Crippen LogP contribution in [0.2, 0.25) is 0 Å². The van der Waals surface area contributed by atoms with E-state index < -0.39 is 0 Å². The fourth-order valence-corrected chi connectivity index (χ4v) is 4.29. The number of hydrogen-bond donors (Lipinski definition) is 0. The molecule has 3 rings (SSSR count). The second kappa shape index (κ2) is 6.67. The summed E-state index contributed by atoms with van der Waals surface area (Å²) in [5, 5.41) is 7.43. The molecule has 1 aliphatic heterocycles. The van der Waals surface area contributed by atoms with Crippen molar-refractivity contribution in [2.24, 2.45) is 0 Å². The lowest BCUT2D eigenvalue weighted by atomic mass is 9.93. The Bertz CT molecular complexity index is 686. The Labute approximate surface area is 147 Å². The molecule has 0 aromatic carbocycles. The van der Waals surface area contributed by atoms with Gasteiger partial charge in [-0.2, -0.15) is 5.10 Å². The van der Waals surface area contributed by atoms with E-state index in [-0.39, 0.29) is 23.4 Å². The molecule has 0 spiro atoms. The Morgan fingerprint density at radius 2 is 2.17 bits per heavy atom. The Morgan fingerprint density at radius 3 is 2.79 bits per heavy atom. The highest BCUT2D eigenvalue weighted by Crippen LogP contribution is 2.36. The number of amides is 1. The van der Waals surface area contributed by atoms with Crippen LogP contribution in [0, 0.1) is 0 Å². The molecule has 0 unspecified atom stereocenters. The molecule has 0 radical (unpaired) electrons. The standard InChI is InChI=1S/C18H26N4OS/c1-13(22-11-7-9-19-22)17(23)21-10-6-5-8-14(21)16-20-15(12-24-16)18(2,3)4/h7,9,11-14H,5-6,8,10H2,1-4H3/t13-,14+/m0/s1. The Hall–Kier alpha value is -1.69. The first-order valence-electron chi connectivity index (χ1n) is 8.63. The van der Waals surface area contributed by atoms with Gasteiger partial charge in [0.1, 0.15) is 11.0 Å². The lowest BCUT2D eigenvalue weighted by Gasteiger charge is -2.36. The predicted octanol–water partition coefficient (Wildman–Crippen LogP) is 3.95. The van der Waals surface area contributed by atoms with Gasteiger partial charge in [-0.1, -0.05) is 20.8 Å². The number of nitrogens with zero attached hydrogens (tertiary/aromatic N) is 4. The van der Waals surface area contributed by atoms with Crippen LogP contribution in [0.25, 0.3) is 0 Å². The van der Waals surface area contributed by atoms with Crippen LogP contribution >= 0.6 is 11.3 Å². The zero-order valence-corrected chi connectivity index (χ0v) is 15.7. The summed E-state index contributed by atoms with van der Waals surface area (Å²) >= 11 is 1.69. The van der Waals surface area contributed by atoms with E-state index in [1.54, 1.807) is 22.2 Å². The van der Waals surface area contributed by atoms with Crippen molar-refractivity contribution in [1.29, 1.82) is 0 Å². The van der Waals surface area contributed by atoms with E-state index in [9.17, 15) is 4.79 Å². The summed E-state index contributed by atoms with van der Waals surface area (Å²) in [5.41, 5.74) is 1.15. The molecule has 0 aliphatic carbocycles. The van der Waals surface area contributed by atoms with E-state index in [1.165, 1.54) is 0 Å². The molecular formula is C18H26N4OS. The topological polar surface area (TPSA) is 51.0 Å². The highest BCUT2D eigenvalue weighted by atomic mass is 32.1. The van der Waals surface area contributed by atoms with Crippen LogP contribution in [0.5, 0.6) is 0 Å². The molecule has 1 aliphatic rings. The Balaban J connectivity index is 1.83. The highest BCUT2D eigenvalue weighted by Gasteiger charge is 2.33. The van der Waals surface area contributed by atoms with Crippen molar-refractivity contribution >= 4 is 17.2 Å². The molecule has 0 bridgehead atoms. The number of carbonyl (C=O) groups excluding carboxylic acids is 1. The second-order valence-electron chi connectivity index (χ2n) is 7.53. The van der Waals surface area contributed by atoms with Crippen molar-refractivity contribution in [1.82, 2.24) is 19.7 Å². The summed E-state index contributed by atoms with van der Waals surface area (Å²) < 4.78 is 1.73. The third-order valence-electron chi connectivity index (χ3n) is 4.64. The van der Waals surface area contributed by atoms with Gasteiger partial charge in [0.15, 0.2) is 0 Å². The number of thiazole rings is 1. The van der Waals surface area contributed by atoms with Gasteiger partial charge < -0.3 is 4.90 Å². The summed E-state index contributed by atoms with van der Waals surface area (Å²) in [6.07, 6.45) is 6.77. The monoisotopic (exact) mass is 346 g/mol. The maximum atomic E-state index is 13.0. The fourth-order valence-electron chi connectivity index (χ4n) is 3.10. The van der Waals surface area contributed by atoms with Crippen LogP contribution in [0.3, 0.4) is 0 Å². The van der Waals surface area contributed by atoms with Gasteiger partial charge in [0, 0.05) is 29.7 Å². The maximum absolute atomic E-state index is 13.0. The van der Waals surface area contributed by atoms with E-state index >= 15 is 0 Å². The molecule has 6 heteroatoms. The third kappa shape index (κ3) is 3.38. The summed E-state index contributed by atoms with van der Waals surface area (Å²) in [5.74, 6) is 0.135. The van der Waals surface area contributed by atoms with Crippen LogP contribution in [0.4, 0.5) is 0 Å². The molecule has 2 atom stereocenters. The number of carbonyl (C=O) groups is 1. The maximum Gasteiger partial charge on any atom is 0.247 e. The molecule has 5 nitrogen and oxygen atoms in total. The van der Waals surface area contributed by atoms with Crippen molar-refractivity contribution in [2.45, 2.75) is 64.5 Å². The molecule has 2 aromatic rings. The Morgan fingerprint density at radius 1 is 1.38 bits per heavy atom. The van der Waals surface area contributed by atoms with Crippen LogP contribution < -0.4 is 0 Å². The molecule has 0 N–H and O–H groups in total. The number of likely N-dealkylation sites (tertiary alicyclic amines) is 1. The molecule has 0 saturated carbocycles. The second-order valence-corrected chi connectivity index (χ2v) is 8.42. The molecule has 1 saturated heterocycles. The van der Waals surface area contributed by atoms with Crippen molar-refractivity contribution in [3.8, 4) is 0 Å². The summed E-state index contributed by atoms with van der Waals surface area (Å²) in [4.78, 5) is 19.9. The SMILES string of the molecule is C[C@@H](C(=O)N1CCCC[C@@H]1c1nc(C(C)(C)C)cs1)n1cccn1. The molecule has 130 valence electrons. The van der Waals surface area contributed by atoms with Gasteiger partial charge in [0.2, 0.25) is 5.91 Å². The van der Waals surface area contributed by atoms with Gasteiger partial charge in [0.25, 0.3) is 0 Å². The minimum Gasteiger partial charge on any atom is -0.331 e. The summed E-state index contributed by atoms with van der Waals surface area (Å²) in [6.45, 7) is 9.25. The molecule has 2 aromatic heterocycles. The third-order valence-corrected chi connectivity index (χ3v) is 5.59. The largest absolute Gasteiger partial charge is 0.331 e. The number of piperidine rings is 1. The lowest BCUT2D eigenvalue weighted by molar-refractivity contribution is -0.138. The van der Waals surface area contributed by atoms with Gasteiger partial charge >= 0.3 is 0 Å². The smallest absolute Gasteiger partial charge is 0.247 e. The predicted molar refractivity (Wildman–Crippen MR) is 96.1 cm³/mol. The van der Waals surface area contributed by atoms with Gasteiger partial charge in [-0.15, -0.1) is 11.3 Å². The fraction of sp³-hybridized carbons (Fsp3) is 0.611. The first-order chi connectivity index (χ1) is 11.4. The van der Waals surface area contributed by atoms with E-state index in [2.05, 4.69) is 31.2 Å². The minimum absolute atomic E-state index is 0.0423. The summed E-state index contributed by atoms with van der Waals surface area (Å²) in [7, 11) is 0. The number of aromatic nitrogens is 3. The van der Waals surface area contributed by atoms with Crippen molar-refractivity contribution in [3.63, 3.8) is 0 Å². The normalized spacial score (nSPS) is 20.2. The van der Waals surface area contributed by atoms with Gasteiger partial charge in [-0.3, -0.25) is 9.48 Å². The van der Waals surface area contributed by atoms with Crippen LogP contribution in [0.15, 0.2) is 23.8 Å². The molecule has 1 fully saturated rings. The highest BCUT2D eigenvalue weighted by molar-refractivity contribution is 7.09. The van der Waals surface area contributed by atoms with Crippen molar-refractivity contribution in [2.75, 3.05) is 6.54 Å². The average molecular weight is 346 g/mol.